The molecule has 1 fully saturated rings. The standard InChI is InChI=1S/C27H29N3O4S/c1-18-6-12-25-23(15-18)27(28-24-11-5-19(2)16-26(24)34-25)29-13-14-30(20(3)17-29)35(31,32)22-9-7-21(33-4)8-10-22/h5-12,15-16,20H,13-14,17H2,1-4H3. The van der Waals surface area contributed by atoms with E-state index in [0.29, 0.717) is 25.4 Å². The molecule has 2 aliphatic heterocycles. The van der Waals surface area contributed by atoms with E-state index in [1.54, 1.807) is 35.7 Å². The maximum Gasteiger partial charge on any atom is 0.243 e. The van der Waals surface area contributed by atoms with Crippen molar-refractivity contribution in [1.82, 2.24) is 9.21 Å². The highest BCUT2D eigenvalue weighted by Gasteiger charge is 2.36. The molecule has 0 radical (unpaired) electrons. The van der Waals surface area contributed by atoms with Gasteiger partial charge in [0.15, 0.2) is 5.75 Å². The van der Waals surface area contributed by atoms with Crippen molar-refractivity contribution in [2.75, 3.05) is 26.7 Å². The summed E-state index contributed by atoms with van der Waals surface area (Å²) in [5.41, 5.74) is 3.89. The van der Waals surface area contributed by atoms with Crippen LogP contribution in [-0.2, 0) is 10.0 Å². The number of benzene rings is 3. The molecule has 3 aromatic carbocycles. The van der Waals surface area contributed by atoms with E-state index < -0.39 is 10.0 Å². The largest absolute Gasteiger partial charge is 0.497 e. The van der Waals surface area contributed by atoms with Gasteiger partial charge in [0.25, 0.3) is 0 Å². The molecule has 1 saturated heterocycles. The van der Waals surface area contributed by atoms with Crippen LogP contribution in [0.25, 0.3) is 0 Å². The Morgan fingerprint density at radius 1 is 0.943 bits per heavy atom. The first kappa shape index (κ1) is 23.4. The minimum Gasteiger partial charge on any atom is -0.497 e. The fourth-order valence-electron chi connectivity index (χ4n) is 4.61. The monoisotopic (exact) mass is 491 g/mol. The number of methoxy groups -OCH3 is 1. The number of amidine groups is 1. The van der Waals surface area contributed by atoms with Crippen molar-refractivity contribution in [2.45, 2.75) is 31.7 Å². The summed E-state index contributed by atoms with van der Waals surface area (Å²) in [4.78, 5) is 7.46. The molecule has 8 heteroatoms. The van der Waals surface area contributed by atoms with E-state index in [0.717, 1.165) is 39.7 Å². The highest BCUT2D eigenvalue weighted by atomic mass is 32.2. The first-order valence-electron chi connectivity index (χ1n) is 11.7. The molecule has 0 spiro atoms. The SMILES string of the molecule is COc1ccc(S(=O)(=O)N2CCN(C3=Nc4ccc(C)cc4Oc4ccc(C)cc43)CC2C)cc1. The average molecular weight is 492 g/mol. The Bertz CT molecular complexity index is 1400. The van der Waals surface area contributed by atoms with E-state index in [1.165, 1.54) is 0 Å². The van der Waals surface area contributed by atoms with Crippen LogP contribution in [0.3, 0.4) is 0 Å². The number of piperazine rings is 1. The maximum absolute atomic E-state index is 13.4. The number of aliphatic imine (C=N–C) groups is 1. The van der Waals surface area contributed by atoms with Crippen LogP contribution >= 0.6 is 0 Å². The molecule has 1 atom stereocenters. The van der Waals surface area contributed by atoms with Gasteiger partial charge >= 0.3 is 0 Å². The topological polar surface area (TPSA) is 71.4 Å². The molecule has 182 valence electrons. The van der Waals surface area contributed by atoms with Gasteiger partial charge in [-0.3, -0.25) is 0 Å². The molecule has 3 aromatic rings. The molecule has 0 N–H and O–H groups in total. The van der Waals surface area contributed by atoms with Crippen molar-refractivity contribution in [1.29, 1.82) is 0 Å². The van der Waals surface area contributed by atoms with Gasteiger partial charge in [-0.1, -0.05) is 17.7 Å². The summed E-state index contributed by atoms with van der Waals surface area (Å²) < 4.78 is 39.8. The number of rotatable bonds is 3. The number of sulfonamides is 1. The molecule has 7 nitrogen and oxygen atoms in total. The van der Waals surface area contributed by atoms with E-state index in [2.05, 4.69) is 11.0 Å². The molecule has 2 heterocycles. The van der Waals surface area contributed by atoms with Crippen LogP contribution in [0.5, 0.6) is 17.2 Å². The van der Waals surface area contributed by atoms with Crippen LogP contribution in [-0.4, -0.2) is 56.2 Å². The van der Waals surface area contributed by atoms with E-state index in [4.69, 9.17) is 14.5 Å². The molecule has 0 amide bonds. The molecular formula is C27H29N3O4S. The lowest BCUT2D eigenvalue weighted by atomic mass is 10.1. The molecule has 0 aromatic heterocycles. The van der Waals surface area contributed by atoms with Gasteiger partial charge < -0.3 is 14.4 Å². The van der Waals surface area contributed by atoms with E-state index >= 15 is 0 Å². The van der Waals surface area contributed by atoms with Gasteiger partial charge in [0.1, 0.15) is 23.0 Å². The summed E-state index contributed by atoms with van der Waals surface area (Å²) in [6.45, 7) is 7.41. The van der Waals surface area contributed by atoms with Crippen LogP contribution in [0.15, 0.2) is 70.6 Å². The first-order valence-corrected chi connectivity index (χ1v) is 13.1. The van der Waals surface area contributed by atoms with E-state index in [-0.39, 0.29) is 10.9 Å². The first-order chi connectivity index (χ1) is 16.8. The molecular weight excluding hydrogens is 462 g/mol. The zero-order valence-electron chi connectivity index (χ0n) is 20.4. The Kier molecular flexibility index (Phi) is 6.02. The second-order valence-electron chi connectivity index (χ2n) is 9.09. The Balaban J connectivity index is 1.47. The molecule has 0 saturated carbocycles. The Hall–Kier alpha value is -3.36. The van der Waals surface area contributed by atoms with Crippen LogP contribution in [0.2, 0.25) is 0 Å². The highest BCUT2D eigenvalue weighted by Crippen LogP contribution is 2.39. The third-order valence-corrected chi connectivity index (χ3v) is 8.50. The van der Waals surface area contributed by atoms with Crippen LogP contribution in [0.4, 0.5) is 5.69 Å². The van der Waals surface area contributed by atoms with Crippen LogP contribution < -0.4 is 9.47 Å². The van der Waals surface area contributed by atoms with Crippen molar-refractivity contribution in [3.63, 3.8) is 0 Å². The number of aryl methyl sites for hydroxylation is 2. The van der Waals surface area contributed by atoms with Crippen molar-refractivity contribution in [3.05, 3.63) is 77.4 Å². The second kappa shape index (κ2) is 9.02. The van der Waals surface area contributed by atoms with Crippen LogP contribution in [0, 0.1) is 13.8 Å². The lowest BCUT2D eigenvalue weighted by molar-refractivity contribution is 0.205. The number of hydrogen-bond donors (Lipinski definition) is 0. The zero-order valence-corrected chi connectivity index (χ0v) is 21.2. The summed E-state index contributed by atoms with van der Waals surface area (Å²) in [7, 11) is -2.07. The van der Waals surface area contributed by atoms with Gasteiger partial charge in [-0.15, -0.1) is 0 Å². The number of hydrogen-bond acceptors (Lipinski definition) is 6. The van der Waals surface area contributed by atoms with Gasteiger partial charge in [0, 0.05) is 25.7 Å². The van der Waals surface area contributed by atoms with Crippen molar-refractivity contribution < 1.29 is 17.9 Å². The van der Waals surface area contributed by atoms with Gasteiger partial charge in [-0.25, -0.2) is 13.4 Å². The lowest BCUT2D eigenvalue weighted by Gasteiger charge is -2.40. The molecule has 2 aliphatic rings. The maximum atomic E-state index is 13.4. The van der Waals surface area contributed by atoms with Crippen molar-refractivity contribution >= 4 is 21.5 Å². The third kappa shape index (κ3) is 4.39. The lowest BCUT2D eigenvalue weighted by Crippen LogP contribution is -2.55. The smallest absolute Gasteiger partial charge is 0.243 e. The van der Waals surface area contributed by atoms with Crippen molar-refractivity contribution in [2.24, 2.45) is 4.99 Å². The summed E-state index contributed by atoms with van der Waals surface area (Å²) in [5.74, 6) is 2.90. The van der Waals surface area contributed by atoms with Gasteiger partial charge in [0.05, 0.1) is 17.6 Å². The van der Waals surface area contributed by atoms with E-state index in [1.807, 2.05) is 51.1 Å². The fraction of sp³-hybridized carbons (Fsp3) is 0.296. The Labute approximate surface area is 206 Å². The van der Waals surface area contributed by atoms with Crippen LogP contribution in [0.1, 0.15) is 23.6 Å². The number of ether oxygens (including phenoxy) is 2. The second-order valence-corrected chi connectivity index (χ2v) is 11.0. The zero-order chi connectivity index (χ0) is 24.7. The summed E-state index contributed by atoms with van der Waals surface area (Å²) >= 11 is 0. The Morgan fingerprint density at radius 2 is 1.66 bits per heavy atom. The summed E-state index contributed by atoms with van der Waals surface area (Å²) in [5, 5.41) is 0. The normalized spacial score (nSPS) is 18.1. The molecule has 1 unspecified atom stereocenters. The molecule has 35 heavy (non-hydrogen) atoms. The quantitative estimate of drug-likeness (QED) is 0.522. The minimum absolute atomic E-state index is 0.242. The molecule has 0 bridgehead atoms. The number of nitrogens with zero attached hydrogens (tertiary/aromatic N) is 3. The number of fused-ring (bicyclic) bond motifs is 2. The summed E-state index contributed by atoms with van der Waals surface area (Å²) in [6.07, 6.45) is 0. The highest BCUT2D eigenvalue weighted by molar-refractivity contribution is 7.89. The average Bonchev–Trinajstić information content (AvgIpc) is 3.00. The van der Waals surface area contributed by atoms with Gasteiger partial charge in [0.2, 0.25) is 10.0 Å². The fourth-order valence-corrected chi connectivity index (χ4v) is 6.22. The van der Waals surface area contributed by atoms with E-state index in [9.17, 15) is 8.42 Å². The molecule has 0 aliphatic carbocycles. The predicted octanol–water partition coefficient (Wildman–Crippen LogP) is 4.89. The van der Waals surface area contributed by atoms with Gasteiger partial charge in [-0.2, -0.15) is 4.31 Å². The van der Waals surface area contributed by atoms with Gasteiger partial charge in [-0.05, 0) is 74.9 Å². The molecule has 5 rings (SSSR count). The van der Waals surface area contributed by atoms with Crippen molar-refractivity contribution in [3.8, 4) is 17.2 Å². The summed E-state index contributed by atoms with van der Waals surface area (Å²) in [6, 6.07) is 18.4. The Morgan fingerprint density at radius 3 is 2.37 bits per heavy atom. The minimum atomic E-state index is -3.63. The predicted molar refractivity (Wildman–Crippen MR) is 137 cm³/mol. The third-order valence-electron chi connectivity index (χ3n) is 6.47.